The highest BCUT2D eigenvalue weighted by atomic mass is 35.5. The zero-order chi connectivity index (χ0) is 19.0. The molecule has 1 aromatic carbocycles. The molecule has 1 aromatic heterocycles. The van der Waals surface area contributed by atoms with Crippen molar-refractivity contribution in [3.05, 3.63) is 68.8 Å². The van der Waals surface area contributed by atoms with E-state index in [1.807, 2.05) is 38.1 Å². The minimum Gasteiger partial charge on any atom is -0.318 e. The van der Waals surface area contributed by atoms with Gasteiger partial charge >= 0.3 is 0 Å². The van der Waals surface area contributed by atoms with Crippen LogP contribution < -0.4 is 0 Å². The number of thioether (sulfide) groups is 1. The summed E-state index contributed by atoms with van der Waals surface area (Å²) in [7, 11) is 0. The van der Waals surface area contributed by atoms with Crippen molar-refractivity contribution in [2.45, 2.75) is 13.8 Å². The molecule has 0 aliphatic carbocycles. The maximum atomic E-state index is 12.5. The Labute approximate surface area is 172 Å². The first-order valence-electron chi connectivity index (χ1n) is 7.84. The van der Waals surface area contributed by atoms with Crippen LogP contribution in [0.5, 0.6) is 0 Å². The highest BCUT2D eigenvalue weighted by molar-refractivity contribution is 8.26. The van der Waals surface area contributed by atoms with Crippen LogP contribution in [-0.4, -0.2) is 26.2 Å². The standard InChI is InChI=1S/C19H16Cl2N2OS2/c1-4-7-22-18(24)17(26-19(22)25)9-13-8-11(2)23(12(13)3)14-5-6-15(20)16(21)10-14/h4-6,8-10H,1,7H2,2-3H3/b17-9+. The fourth-order valence-electron chi connectivity index (χ4n) is 2.88. The Morgan fingerprint density at radius 3 is 2.62 bits per heavy atom. The minimum absolute atomic E-state index is 0.0840. The number of hydrogen-bond acceptors (Lipinski definition) is 3. The Bertz CT molecular complexity index is 963. The van der Waals surface area contributed by atoms with Gasteiger partial charge in [-0.05, 0) is 49.8 Å². The van der Waals surface area contributed by atoms with E-state index >= 15 is 0 Å². The van der Waals surface area contributed by atoms with Crippen molar-refractivity contribution in [1.29, 1.82) is 0 Å². The molecule has 0 atom stereocenters. The summed E-state index contributed by atoms with van der Waals surface area (Å²) in [5.41, 5.74) is 3.93. The molecule has 1 fully saturated rings. The molecule has 7 heteroatoms. The lowest BCUT2D eigenvalue weighted by Gasteiger charge is -2.11. The van der Waals surface area contributed by atoms with E-state index in [0.717, 1.165) is 22.6 Å². The van der Waals surface area contributed by atoms with Crippen molar-refractivity contribution in [3.63, 3.8) is 0 Å². The second-order valence-electron chi connectivity index (χ2n) is 5.84. The third kappa shape index (κ3) is 3.49. The first kappa shape index (κ1) is 19.2. The van der Waals surface area contributed by atoms with Gasteiger partial charge in [0, 0.05) is 23.6 Å². The third-order valence-corrected chi connectivity index (χ3v) is 6.22. The van der Waals surface area contributed by atoms with Crippen LogP contribution in [0.15, 0.2) is 41.8 Å². The summed E-state index contributed by atoms with van der Waals surface area (Å²) < 4.78 is 2.64. The van der Waals surface area contributed by atoms with Crippen molar-refractivity contribution >= 4 is 63.5 Å². The topological polar surface area (TPSA) is 25.2 Å². The van der Waals surface area contributed by atoms with Gasteiger partial charge in [0.05, 0.1) is 15.0 Å². The Balaban J connectivity index is 2.01. The number of rotatable bonds is 4. The first-order valence-corrected chi connectivity index (χ1v) is 9.82. The molecular weight excluding hydrogens is 407 g/mol. The Morgan fingerprint density at radius 2 is 1.96 bits per heavy atom. The lowest BCUT2D eigenvalue weighted by molar-refractivity contribution is -0.121. The van der Waals surface area contributed by atoms with Gasteiger partial charge in [-0.25, -0.2) is 0 Å². The lowest BCUT2D eigenvalue weighted by Crippen LogP contribution is -2.27. The zero-order valence-corrected chi connectivity index (χ0v) is 17.4. The average molecular weight is 423 g/mol. The number of halogens is 2. The molecule has 0 unspecified atom stereocenters. The van der Waals surface area contributed by atoms with Gasteiger partial charge in [0.15, 0.2) is 0 Å². The smallest absolute Gasteiger partial charge is 0.266 e. The minimum atomic E-state index is -0.0840. The number of carbonyl (C=O) groups is 1. The molecule has 0 spiro atoms. The van der Waals surface area contributed by atoms with Crippen molar-refractivity contribution in [3.8, 4) is 5.69 Å². The van der Waals surface area contributed by atoms with E-state index in [4.69, 9.17) is 35.4 Å². The van der Waals surface area contributed by atoms with Crippen LogP contribution in [0.25, 0.3) is 11.8 Å². The van der Waals surface area contributed by atoms with E-state index in [1.54, 1.807) is 17.0 Å². The second kappa shape index (κ2) is 7.61. The fraction of sp³-hybridized carbons (Fsp3) is 0.158. The van der Waals surface area contributed by atoms with E-state index in [-0.39, 0.29) is 5.91 Å². The van der Waals surface area contributed by atoms with Crippen LogP contribution in [0.4, 0.5) is 0 Å². The highest BCUT2D eigenvalue weighted by Gasteiger charge is 2.31. The van der Waals surface area contributed by atoms with Crippen molar-refractivity contribution in [2.24, 2.45) is 0 Å². The Kier molecular flexibility index (Phi) is 5.63. The molecule has 0 bridgehead atoms. The average Bonchev–Trinajstić information content (AvgIpc) is 3.01. The molecule has 26 heavy (non-hydrogen) atoms. The van der Waals surface area contributed by atoms with Crippen LogP contribution in [0.1, 0.15) is 17.0 Å². The number of aryl methyl sites for hydroxylation is 1. The number of aromatic nitrogens is 1. The van der Waals surface area contributed by atoms with Gasteiger partial charge in [-0.2, -0.15) is 0 Å². The maximum Gasteiger partial charge on any atom is 0.266 e. The molecule has 1 aliphatic heterocycles. The van der Waals surface area contributed by atoms with Crippen molar-refractivity contribution < 1.29 is 4.79 Å². The van der Waals surface area contributed by atoms with Gasteiger partial charge < -0.3 is 4.57 Å². The summed E-state index contributed by atoms with van der Waals surface area (Å²) in [6.07, 6.45) is 3.56. The molecule has 2 aromatic rings. The lowest BCUT2D eigenvalue weighted by atomic mass is 10.2. The predicted octanol–water partition coefficient (Wildman–Crippen LogP) is 5.79. The second-order valence-corrected chi connectivity index (χ2v) is 8.33. The quantitative estimate of drug-likeness (QED) is 0.354. The van der Waals surface area contributed by atoms with Crippen molar-refractivity contribution in [1.82, 2.24) is 9.47 Å². The van der Waals surface area contributed by atoms with E-state index in [1.165, 1.54) is 11.8 Å². The zero-order valence-electron chi connectivity index (χ0n) is 14.3. The summed E-state index contributed by atoms with van der Waals surface area (Å²) in [6.45, 7) is 8.11. The molecule has 1 saturated heterocycles. The normalized spacial score (nSPS) is 16.0. The van der Waals surface area contributed by atoms with Crippen molar-refractivity contribution in [2.75, 3.05) is 6.54 Å². The van der Waals surface area contributed by atoms with Crippen LogP contribution in [-0.2, 0) is 4.79 Å². The summed E-state index contributed by atoms with van der Waals surface area (Å²) in [5, 5.41) is 1.02. The highest BCUT2D eigenvalue weighted by Crippen LogP contribution is 2.34. The predicted molar refractivity (Wildman–Crippen MR) is 115 cm³/mol. The molecular formula is C19H16Cl2N2OS2. The van der Waals surface area contributed by atoms with E-state index in [2.05, 4.69) is 11.1 Å². The van der Waals surface area contributed by atoms with E-state index < -0.39 is 0 Å². The largest absolute Gasteiger partial charge is 0.318 e. The Morgan fingerprint density at radius 1 is 1.23 bits per heavy atom. The first-order chi connectivity index (χ1) is 12.3. The van der Waals surface area contributed by atoms with E-state index in [9.17, 15) is 4.79 Å². The molecule has 0 N–H and O–H groups in total. The number of amides is 1. The van der Waals surface area contributed by atoms with Gasteiger partial charge in [-0.3, -0.25) is 9.69 Å². The molecule has 1 aliphatic rings. The third-order valence-electron chi connectivity index (χ3n) is 4.10. The molecule has 3 nitrogen and oxygen atoms in total. The number of carbonyl (C=O) groups excluding carboxylic acids is 1. The molecule has 134 valence electrons. The summed E-state index contributed by atoms with van der Waals surface area (Å²) >= 11 is 18.8. The fourth-order valence-corrected chi connectivity index (χ4v) is 4.44. The van der Waals surface area contributed by atoms with Gasteiger partial charge in [0.2, 0.25) is 0 Å². The summed E-state index contributed by atoms with van der Waals surface area (Å²) in [5.74, 6) is -0.0840. The van der Waals surface area contributed by atoms with Crippen LogP contribution in [0.2, 0.25) is 10.0 Å². The number of thiocarbonyl (C=S) groups is 1. The maximum absolute atomic E-state index is 12.5. The molecule has 1 amide bonds. The summed E-state index contributed by atoms with van der Waals surface area (Å²) in [4.78, 5) is 14.7. The summed E-state index contributed by atoms with van der Waals surface area (Å²) in [6, 6.07) is 7.56. The Hall–Kier alpha value is -1.53. The van der Waals surface area contributed by atoms with Gasteiger partial charge in [-0.15, -0.1) is 6.58 Å². The van der Waals surface area contributed by atoms with Gasteiger partial charge in [0.25, 0.3) is 5.91 Å². The number of benzene rings is 1. The number of nitrogens with zero attached hydrogens (tertiary/aromatic N) is 2. The molecule has 0 saturated carbocycles. The SMILES string of the molecule is C=CCN1C(=O)/C(=C\c2cc(C)n(-c3ccc(Cl)c(Cl)c3)c2C)SC1=S. The van der Waals surface area contributed by atoms with Crippen LogP contribution in [0.3, 0.4) is 0 Å². The molecule has 0 radical (unpaired) electrons. The monoisotopic (exact) mass is 422 g/mol. The van der Waals surface area contributed by atoms with Gasteiger partial charge in [-0.1, -0.05) is 53.3 Å². The van der Waals surface area contributed by atoms with Gasteiger partial charge in [0.1, 0.15) is 4.32 Å². The molecule has 3 rings (SSSR count). The number of hydrogen-bond donors (Lipinski definition) is 0. The molecule has 2 heterocycles. The van der Waals surface area contributed by atoms with E-state index in [0.29, 0.717) is 25.8 Å². The van der Waals surface area contributed by atoms with Crippen LogP contribution in [0, 0.1) is 13.8 Å². The van der Waals surface area contributed by atoms with Crippen LogP contribution >= 0.6 is 47.2 Å².